The van der Waals surface area contributed by atoms with Gasteiger partial charge in [0.05, 0.1) is 9.90 Å². The van der Waals surface area contributed by atoms with Crippen LogP contribution in [-0.4, -0.2) is 67.5 Å². The second kappa shape index (κ2) is 10.1. The second-order valence-corrected chi connectivity index (χ2v) is 8.12. The zero-order valence-corrected chi connectivity index (χ0v) is 17.5. The number of rotatable bonds is 7. The Morgan fingerprint density at radius 2 is 1.93 bits per heavy atom. The molecule has 28 heavy (non-hydrogen) atoms. The topological polar surface area (TPSA) is 61.9 Å². The maximum absolute atomic E-state index is 12.3. The summed E-state index contributed by atoms with van der Waals surface area (Å²) >= 11 is 13.3. The number of hydrogen-bond acceptors (Lipinski definition) is 5. The predicted octanol–water partition coefficient (Wildman–Crippen LogP) is 3.01. The monoisotopic (exact) mass is 441 g/mol. The molecule has 0 aliphatic carbocycles. The van der Waals surface area contributed by atoms with Crippen LogP contribution in [0.2, 0.25) is 10.0 Å². The van der Waals surface area contributed by atoms with Gasteiger partial charge in [-0.05, 0) is 29.6 Å². The Labute approximate surface area is 178 Å². The number of nitrogens with zero attached hydrogens (tertiary/aromatic N) is 2. The molecule has 9 heteroatoms. The molecular weight excluding hydrogens is 421 g/mol. The average Bonchev–Trinajstić information content (AvgIpc) is 3.22. The van der Waals surface area contributed by atoms with Gasteiger partial charge in [-0.3, -0.25) is 14.5 Å². The SMILES string of the molecule is O=C(COc1ccc(Cl)cc1Cl)NCCN1CCN(C(=O)c2cccs2)CC1. The number of halogens is 2. The summed E-state index contributed by atoms with van der Waals surface area (Å²) in [5.74, 6) is 0.311. The highest BCUT2D eigenvalue weighted by Gasteiger charge is 2.22. The van der Waals surface area contributed by atoms with Crippen molar-refractivity contribution < 1.29 is 14.3 Å². The lowest BCUT2D eigenvalue weighted by Crippen LogP contribution is -2.50. The Hall–Kier alpha value is -1.80. The third-order valence-corrected chi connectivity index (χ3v) is 5.78. The standard InChI is InChI=1S/C19H21Cl2N3O3S/c20-14-3-4-16(15(21)12-14)27-13-18(25)22-5-6-23-7-9-24(10-8-23)19(26)17-2-1-11-28-17/h1-4,11-12H,5-10,13H2,(H,22,25). The maximum Gasteiger partial charge on any atom is 0.264 e. The minimum absolute atomic E-state index is 0.0981. The molecule has 1 N–H and O–H groups in total. The highest BCUT2D eigenvalue weighted by molar-refractivity contribution is 7.12. The number of thiophene rings is 1. The number of nitrogens with one attached hydrogen (secondary N) is 1. The highest BCUT2D eigenvalue weighted by Crippen LogP contribution is 2.27. The van der Waals surface area contributed by atoms with E-state index in [2.05, 4.69) is 10.2 Å². The fourth-order valence-electron chi connectivity index (χ4n) is 2.87. The molecule has 3 rings (SSSR count). The van der Waals surface area contributed by atoms with E-state index >= 15 is 0 Å². The number of benzene rings is 1. The maximum atomic E-state index is 12.3. The van der Waals surface area contributed by atoms with Crippen molar-refractivity contribution in [1.29, 1.82) is 0 Å². The van der Waals surface area contributed by atoms with Gasteiger partial charge in [0.2, 0.25) is 0 Å². The number of carbonyl (C=O) groups excluding carboxylic acids is 2. The van der Waals surface area contributed by atoms with Crippen LogP contribution >= 0.6 is 34.5 Å². The van der Waals surface area contributed by atoms with Crippen molar-refractivity contribution in [2.45, 2.75) is 0 Å². The van der Waals surface area contributed by atoms with Crippen LogP contribution < -0.4 is 10.1 Å². The van der Waals surface area contributed by atoms with Gasteiger partial charge in [0.15, 0.2) is 6.61 Å². The first-order valence-corrected chi connectivity index (χ1v) is 10.6. The van der Waals surface area contributed by atoms with Crippen LogP contribution in [0.3, 0.4) is 0 Å². The molecule has 0 unspecified atom stereocenters. The van der Waals surface area contributed by atoms with Crippen LogP contribution in [0.15, 0.2) is 35.7 Å². The molecule has 0 radical (unpaired) electrons. The summed E-state index contributed by atoms with van der Waals surface area (Å²) in [6.07, 6.45) is 0. The third-order valence-electron chi connectivity index (χ3n) is 4.39. The van der Waals surface area contributed by atoms with Crippen molar-refractivity contribution in [3.8, 4) is 5.75 Å². The Kier molecular flexibility index (Phi) is 7.56. The van der Waals surface area contributed by atoms with Crippen molar-refractivity contribution in [3.05, 3.63) is 50.6 Å². The molecule has 1 fully saturated rings. The predicted molar refractivity (Wildman–Crippen MR) is 112 cm³/mol. The van der Waals surface area contributed by atoms with E-state index in [1.54, 1.807) is 18.2 Å². The first-order chi connectivity index (χ1) is 13.5. The van der Waals surface area contributed by atoms with Gasteiger partial charge in [-0.2, -0.15) is 0 Å². The minimum Gasteiger partial charge on any atom is -0.482 e. The first kappa shape index (κ1) is 20.9. The van der Waals surface area contributed by atoms with Crippen LogP contribution in [0.1, 0.15) is 9.67 Å². The summed E-state index contributed by atoms with van der Waals surface area (Å²) in [5.41, 5.74) is 0. The summed E-state index contributed by atoms with van der Waals surface area (Å²) in [6, 6.07) is 8.60. The third kappa shape index (κ3) is 5.85. The van der Waals surface area contributed by atoms with E-state index in [1.807, 2.05) is 22.4 Å². The molecule has 1 aromatic heterocycles. The van der Waals surface area contributed by atoms with Gasteiger partial charge < -0.3 is 15.0 Å². The lowest BCUT2D eigenvalue weighted by Gasteiger charge is -2.34. The largest absolute Gasteiger partial charge is 0.482 e. The van der Waals surface area contributed by atoms with Gasteiger partial charge in [-0.1, -0.05) is 29.3 Å². The van der Waals surface area contributed by atoms with Gasteiger partial charge in [0.1, 0.15) is 5.75 Å². The molecule has 0 saturated carbocycles. The average molecular weight is 442 g/mol. The van der Waals surface area contributed by atoms with Crippen molar-refractivity contribution in [3.63, 3.8) is 0 Å². The molecule has 2 heterocycles. The Morgan fingerprint density at radius 3 is 2.61 bits per heavy atom. The molecule has 0 atom stereocenters. The Balaban J connectivity index is 1.32. The van der Waals surface area contributed by atoms with E-state index in [9.17, 15) is 9.59 Å². The smallest absolute Gasteiger partial charge is 0.264 e. The minimum atomic E-state index is -0.211. The fraction of sp³-hybridized carbons (Fsp3) is 0.368. The number of ether oxygens (including phenoxy) is 1. The van der Waals surface area contributed by atoms with Gasteiger partial charge in [0, 0.05) is 44.3 Å². The van der Waals surface area contributed by atoms with Crippen LogP contribution in [0.25, 0.3) is 0 Å². The molecule has 1 saturated heterocycles. The normalized spacial score (nSPS) is 14.7. The van der Waals surface area contributed by atoms with E-state index in [4.69, 9.17) is 27.9 Å². The van der Waals surface area contributed by atoms with Crippen molar-refractivity contribution >= 4 is 46.4 Å². The number of carbonyl (C=O) groups is 2. The van der Waals surface area contributed by atoms with Crippen LogP contribution in [0, 0.1) is 0 Å². The summed E-state index contributed by atoms with van der Waals surface area (Å²) < 4.78 is 5.41. The van der Waals surface area contributed by atoms with Gasteiger partial charge >= 0.3 is 0 Å². The second-order valence-electron chi connectivity index (χ2n) is 6.32. The lowest BCUT2D eigenvalue weighted by atomic mass is 10.3. The van der Waals surface area contributed by atoms with Gasteiger partial charge in [0.25, 0.3) is 11.8 Å². The molecule has 6 nitrogen and oxygen atoms in total. The molecule has 2 amide bonds. The summed E-state index contributed by atoms with van der Waals surface area (Å²) in [7, 11) is 0. The number of amides is 2. The van der Waals surface area contributed by atoms with Crippen LogP contribution in [0.4, 0.5) is 0 Å². The fourth-order valence-corrected chi connectivity index (χ4v) is 4.02. The van der Waals surface area contributed by atoms with Crippen molar-refractivity contribution in [2.75, 3.05) is 45.9 Å². The van der Waals surface area contributed by atoms with E-state index in [0.29, 0.717) is 35.4 Å². The molecule has 1 aliphatic heterocycles. The molecule has 1 aromatic carbocycles. The van der Waals surface area contributed by atoms with Crippen molar-refractivity contribution in [1.82, 2.24) is 15.1 Å². The first-order valence-electron chi connectivity index (χ1n) is 8.92. The summed E-state index contributed by atoms with van der Waals surface area (Å²) in [4.78, 5) is 29.2. The lowest BCUT2D eigenvalue weighted by molar-refractivity contribution is -0.123. The molecule has 2 aromatic rings. The van der Waals surface area contributed by atoms with E-state index in [-0.39, 0.29) is 18.4 Å². The van der Waals surface area contributed by atoms with E-state index < -0.39 is 0 Å². The number of hydrogen-bond donors (Lipinski definition) is 1. The highest BCUT2D eigenvalue weighted by atomic mass is 35.5. The van der Waals surface area contributed by atoms with Gasteiger partial charge in [-0.25, -0.2) is 0 Å². The zero-order valence-electron chi connectivity index (χ0n) is 15.2. The quantitative estimate of drug-likeness (QED) is 0.716. The van der Waals surface area contributed by atoms with Crippen LogP contribution in [-0.2, 0) is 4.79 Å². The Morgan fingerprint density at radius 1 is 1.14 bits per heavy atom. The molecule has 1 aliphatic rings. The molecule has 150 valence electrons. The molecular formula is C19H21Cl2N3O3S. The molecule has 0 spiro atoms. The molecule has 0 bridgehead atoms. The summed E-state index contributed by atoms with van der Waals surface area (Å²) in [6.45, 7) is 4.13. The zero-order chi connectivity index (χ0) is 19.9. The van der Waals surface area contributed by atoms with Crippen LogP contribution in [0.5, 0.6) is 5.75 Å². The Bertz CT molecular complexity index is 809. The van der Waals surface area contributed by atoms with Gasteiger partial charge in [-0.15, -0.1) is 11.3 Å². The number of piperazine rings is 1. The summed E-state index contributed by atoms with van der Waals surface area (Å²) in [5, 5.41) is 5.63. The van der Waals surface area contributed by atoms with E-state index in [0.717, 1.165) is 24.5 Å². The van der Waals surface area contributed by atoms with E-state index in [1.165, 1.54) is 11.3 Å². The van der Waals surface area contributed by atoms with Crippen molar-refractivity contribution in [2.24, 2.45) is 0 Å².